The molecule has 1 amide bonds. The molecule has 4 aliphatic rings. The fraction of sp³-hybridized carbons (Fsp3) is 0.919. The quantitative estimate of drug-likeness (QED) is 0.0256. The maximum absolute atomic E-state index is 13.4. The van der Waals surface area contributed by atoms with E-state index in [1.54, 1.807) is 20.8 Å². The molecule has 0 aromatic carbocycles. The number of carbonyl (C=O) groups excluding carboxylic acids is 1. The monoisotopic (exact) mass is 2020 g/mol. The number of aliphatic hydroxyl groups is 10. The lowest BCUT2D eigenvalue weighted by Crippen LogP contribution is -2.64. The number of carbonyl (C=O) groups is 1. The molecule has 4 aliphatic heterocycles. The van der Waals surface area contributed by atoms with Crippen molar-refractivity contribution in [1.82, 2.24) is 24.8 Å². The third-order valence-electron chi connectivity index (χ3n) is 21.1. The van der Waals surface area contributed by atoms with Crippen molar-refractivity contribution in [1.29, 1.82) is 0 Å². The second kappa shape index (κ2) is 60.3. The minimum atomic E-state index is -5.03. The van der Waals surface area contributed by atoms with Gasteiger partial charge >= 0.3 is 47.1 Å². The average Bonchev–Trinajstić information content (AvgIpc) is 1.63. The molecule has 0 aliphatic carbocycles. The lowest BCUT2D eigenvalue weighted by molar-refractivity contribution is -0.282. The van der Waals surface area contributed by atoms with Gasteiger partial charge in [0.15, 0.2) is 38.1 Å². The number of aryl methyl sites for hydroxylation is 1. The van der Waals surface area contributed by atoms with Crippen molar-refractivity contribution in [3.8, 4) is 0 Å². The van der Waals surface area contributed by atoms with Gasteiger partial charge < -0.3 is 142 Å². The summed E-state index contributed by atoms with van der Waals surface area (Å²) in [6.07, 6.45) is -9.05. The summed E-state index contributed by atoms with van der Waals surface area (Å²) >= 11 is 0. The van der Waals surface area contributed by atoms with E-state index in [1.165, 1.54) is 38.0 Å². The summed E-state index contributed by atoms with van der Waals surface area (Å²) in [5.74, 6) is -2.58. The number of imidazole rings is 1. The number of unbranched alkanes of at least 4 members (excludes halogenated alkanes) is 9. The molecule has 0 spiro atoms. The first-order valence-electron chi connectivity index (χ1n) is 43.5. The number of aliphatic hydroxyl groups excluding tert-OH is 10. The van der Waals surface area contributed by atoms with Crippen LogP contribution in [0.5, 0.6) is 0 Å². The van der Waals surface area contributed by atoms with Gasteiger partial charge in [-0.05, 0) is 64.7 Å². The van der Waals surface area contributed by atoms with E-state index < -0.39 is 273 Å². The molecule has 766 valence electrons. The Morgan fingerprint density at radius 2 is 0.916 bits per heavy atom. The summed E-state index contributed by atoms with van der Waals surface area (Å²) in [7, 11) is -28.0. The van der Waals surface area contributed by atoms with Gasteiger partial charge in [0, 0.05) is 70.7 Å². The molecule has 18 N–H and O–H groups in total. The zero-order valence-corrected chi connectivity index (χ0v) is 80.0. The number of hydrogen-bond donors (Lipinski definition) is 18. The molecule has 4 saturated heterocycles. The number of nitrogens with zero attached hydrogens (tertiary/aromatic N) is 4. The molecule has 0 bridgehead atoms. The Balaban J connectivity index is 1.03. The van der Waals surface area contributed by atoms with Crippen LogP contribution >= 0.6 is 47.1 Å². The molecule has 24 atom stereocenters. The minimum Gasteiger partial charge on any atom is -0.396 e. The van der Waals surface area contributed by atoms with Crippen molar-refractivity contribution in [2.75, 3.05) is 166 Å². The lowest BCUT2D eigenvalue weighted by atomic mass is 9.92. The molecule has 6 heterocycles. The lowest BCUT2D eigenvalue weighted by Gasteiger charge is -2.42. The van der Waals surface area contributed by atoms with Gasteiger partial charge in [-0.1, -0.05) is 66.2 Å². The van der Waals surface area contributed by atoms with Gasteiger partial charge in [0.2, 0.25) is 5.91 Å². The largest absolute Gasteiger partial charge is 0.572 e. The highest BCUT2D eigenvalue weighted by atomic mass is 31.2. The highest BCUT2D eigenvalue weighted by molar-refractivity contribution is 7.54. The fourth-order valence-corrected chi connectivity index (χ4v) is 18.0. The standard InChI is InChI=1S/C74H139N5O46P6/c1-50(2)126(91,92)117-41-60-56(34-61(121-60)79-47-77-62-53(5)75-46-76-70(62)79)125-131(101,102)120-49-107-40-55(35-80)39-106-48-119-130(99,100)118-45-74(42-103-22-19-31-114-127(93,94)111-28-16-10-7-13-25-108-71-51(3)64(85)66(87)57(36-81)122-71,43-104-23-20-32-115-128(95,96)112-29-17-11-8-14-26-109-72-52(4)65(86)67(88)58(37-82)123-72)44-105-24-21-33-116-129(97,98)113-30-18-12-9-15-27-110-73-63(78-54(6)84)69(90)68(89)59(38-83)124-73/h46-47,50-52,55-61,63-69,71-73,80-83,85-90,99-100H,7-45,48-49H2,1-6H3,(H5-,78,84,91,92,93,94,95,96,97,98,101,102)/p+1/t51?,52?,55?,56-,57?,58?,59?,60+,61+,63?,64+,65+,66-,67-,68-,69+,71+,72+,73+,74?/m0/s1. The molecule has 0 radical (unpaired) electrons. The second-order valence-corrected chi connectivity index (χ2v) is 42.0. The number of nitrogens with one attached hydrogen (secondary N) is 1. The van der Waals surface area contributed by atoms with Gasteiger partial charge in [0.25, 0.3) is 0 Å². The SMILES string of the molecule is CC(=O)NC1[C@H](OCCCCCCOP(=O)(O)OCCCOCC(COCCCOP(=O)(O)OCCCCCCO[C@@H]2OC(CO)[C@H](O)[C@H](O)C2C)(COCCCOP(=O)(O)OCCCCCCO[C@@H]2OC(CO)[C@H](O)[C@H](O)C2C)CO[P+](O)(O)OCOCC(CO)COCOP(=O)(O)O[C@H]2C[C@H](n3cnc4c(C)ncnc43)O[C@@H]2COP(=O)(O)C(C)C)OC(CO)[C@H](O)[C@@H]1O. The third-order valence-corrected chi connectivity index (χ3v) is 27.9. The van der Waals surface area contributed by atoms with E-state index in [9.17, 15) is 113 Å². The number of fused-ring (bicyclic) bond motifs is 1. The summed E-state index contributed by atoms with van der Waals surface area (Å²) in [5, 5.41) is 103. The Labute approximate surface area is 760 Å². The molecule has 0 saturated carbocycles. The Morgan fingerprint density at radius 3 is 1.35 bits per heavy atom. The van der Waals surface area contributed by atoms with Crippen molar-refractivity contribution in [3.05, 3.63) is 18.3 Å². The molecule has 2 aromatic heterocycles. The van der Waals surface area contributed by atoms with Crippen molar-refractivity contribution in [3.63, 3.8) is 0 Å². The van der Waals surface area contributed by atoms with Crippen LogP contribution in [0.25, 0.3) is 11.2 Å². The van der Waals surface area contributed by atoms with Crippen molar-refractivity contribution >= 4 is 64.1 Å². The maximum atomic E-state index is 13.4. The van der Waals surface area contributed by atoms with Gasteiger partial charge in [0.05, 0.1) is 141 Å². The van der Waals surface area contributed by atoms with Crippen molar-refractivity contribution in [2.45, 2.75) is 248 Å². The number of phosphoric acid groups is 4. The first kappa shape index (κ1) is 118. The highest BCUT2D eigenvalue weighted by Crippen LogP contribution is 2.55. The van der Waals surface area contributed by atoms with Crippen molar-refractivity contribution < 1.29 is 220 Å². The second-order valence-electron chi connectivity index (χ2n) is 32.3. The Bertz CT molecular complexity index is 3660. The topological polar surface area (TPSA) is 714 Å². The number of aromatic nitrogens is 4. The smallest absolute Gasteiger partial charge is 0.396 e. The predicted octanol–water partition coefficient (Wildman–Crippen LogP) is 2.22. The minimum absolute atomic E-state index is 0.0432. The average molecular weight is 2020 g/mol. The van der Waals surface area contributed by atoms with Crippen LogP contribution < -0.4 is 5.32 Å². The summed E-state index contributed by atoms with van der Waals surface area (Å²) in [6, 6.07) is -1.13. The van der Waals surface area contributed by atoms with Gasteiger partial charge in [0.1, 0.15) is 85.7 Å². The molecular formula is C74H140N5O46P6+. The van der Waals surface area contributed by atoms with E-state index in [4.69, 9.17) is 107 Å². The first-order valence-corrected chi connectivity index (χ1v) is 52.7. The normalized spacial score (nSPS) is 28.2. The molecule has 12 unspecified atom stereocenters. The summed E-state index contributed by atoms with van der Waals surface area (Å²) in [4.78, 5) is 99.9. The van der Waals surface area contributed by atoms with Crippen LogP contribution in [0.15, 0.2) is 12.7 Å². The van der Waals surface area contributed by atoms with E-state index in [0.29, 0.717) is 93.9 Å². The van der Waals surface area contributed by atoms with Crippen LogP contribution in [0.4, 0.5) is 0 Å². The molecule has 2 aromatic rings. The van der Waals surface area contributed by atoms with Crippen LogP contribution in [0.1, 0.15) is 149 Å². The third kappa shape index (κ3) is 42.8. The maximum Gasteiger partial charge on any atom is 0.572 e. The van der Waals surface area contributed by atoms with E-state index >= 15 is 0 Å². The van der Waals surface area contributed by atoms with E-state index in [1.807, 2.05) is 0 Å². The van der Waals surface area contributed by atoms with Gasteiger partial charge in [-0.15, -0.1) is 4.52 Å². The Hall–Kier alpha value is -2.00. The van der Waals surface area contributed by atoms with Crippen LogP contribution in [-0.2, 0) is 134 Å². The molecular weight excluding hydrogens is 1880 g/mol. The van der Waals surface area contributed by atoms with Gasteiger partial charge in [-0.3, -0.25) is 50.1 Å². The summed E-state index contributed by atoms with van der Waals surface area (Å²) in [6.45, 7) is -0.0581. The number of ether oxygens (including phenoxy) is 12. The van der Waals surface area contributed by atoms with Crippen LogP contribution in [-0.4, -0.2) is 374 Å². The number of amides is 1. The van der Waals surface area contributed by atoms with Crippen LogP contribution in [0, 0.1) is 30.1 Å². The van der Waals surface area contributed by atoms with Crippen LogP contribution in [0.2, 0.25) is 0 Å². The Morgan fingerprint density at radius 1 is 0.496 bits per heavy atom. The van der Waals surface area contributed by atoms with Crippen molar-refractivity contribution in [2.24, 2.45) is 23.2 Å². The molecule has 131 heavy (non-hydrogen) atoms. The predicted molar refractivity (Wildman–Crippen MR) is 452 cm³/mol. The molecule has 4 fully saturated rings. The number of hydrogen-bond acceptors (Lipinski definition) is 44. The highest BCUT2D eigenvalue weighted by Gasteiger charge is 2.50. The summed E-state index contributed by atoms with van der Waals surface area (Å²) in [5.41, 5.74) is -1.02. The molecule has 57 heteroatoms. The zero-order chi connectivity index (χ0) is 96.4. The zero-order valence-electron chi connectivity index (χ0n) is 74.6. The van der Waals surface area contributed by atoms with E-state index in [2.05, 4.69) is 20.3 Å². The fourth-order valence-electron chi connectivity index (χ4n) is 13.4. The number of rotatable bonds is 73. The van der Waals surface area contributed by atoms with Gasteiger partial charge in [-0.2, -0.15) is 14.3 Å². The Kier molecular flexibility index (Phi) is 54.2. The summed E-state index contributed by atoms with van der Waals surface area (Å²) < 4.78 is 194. The molecule has 6 rings (SSSR count). The molecule has 51 nitrogen and oxygen atoms in total. The number of phosphoric ester groups is 4. The van der Waals surface area contributed by atoms with E-state index in [-0.39, 0.29) is 98.4 Å². The first-order chi connectivity index (χ1) is 62.1. The van der Waals surface area contributed by atoms with E-state index in [0.717, 1.165) is 0 Å². The van der Waals surface area contributed by atoms with Crippen LogP contribution in [0.3, 0.4) is 0 Å². The van der Waals surface area contributed by atoms with Gasteiger partial charge in [-0.25, -0.2) is 33.2 Å².